The largest absolute Gasteiger partial charge is 0.508 e. The van der Waals surface area contributed by atoms with E-state index < -0.39 is 4.92 Å². The summed E-state index contributed by atoms with van der Waals surface area (Å²) in [5.74, 6) is 0.0332. The second-order valence-electron chi connectivity index (χ2n) is 6.18. The van der Waals surface area contributed by atoms with Crippen LogP contribution in [0.4, 0.5) is 11.4 Å². The van der Waals surface area contributed by atoms with E-state index in [4.69, 9.17) is 11.6 Å². The van der Waals surface area contributed by atoms with Crippen molar-refractivity contribution in [2.45, 2.75) is 6.92 Å². The van der Waals surface area contributed by atoms with Gasteiger partial charge in [-0.1, -0.05) is 11.6 Å². The van der Waals surface area contributed by atoms with Crippen LogP contribution < -0.4 is 4.90 Å². The Morgan fingerprint density at radius 3 is 2.31 bits per heavy atom. The Hall–Kier alpha value is -2.80. The Kier molecular flexibility index (Phi) is 4.99. The van der Waals surface area contributed by atoms with Gasteiger partial charge in [-0.05, 0) is 36.8 Å². The van der Waals surface area contributed by atoms with Crippen molar-refractivity contribution in [1.29, 1.82) is 0 Å². The molecule has 0 bridgehead atoms. The molecule has 1 N–H and O–H groups in total. The summed E-state index contributed by atoms with van der Waals surface area (Å²) in [4.78, 5) is 26.8. The second kappa shape index (κ2) is 7.21. The van der Waals surface area contributed by atoms with Gasteiger partial charge in [0.05, 0.1) is 15.6 Å². The van der Waals surface area contributed by atoms with Gasteiger partial charge in [-0.2, -0.15) is 0 Å². The quantitative estimate of drug-likeness (QED) is 0.657. The van der Waals surface area contributed by atoms with Crippen molar-refractivity contribution in [2.75, 3.05) is 31.1 Å². The van der Waals surface area contributed by atoms with Crippen molar-refractivity contribution in [3.05, 3.63) is 62.7 Å². The first-order chi connectivity index (χ1) is 12.4. The number of hydrogen-bond donors (Lipinski definition) is 1. The van der Waals surface area contributed by atoms with Crippen LogP contribution in [0.15, 0.2) is 36.4 Å². The number of hydrogen-bond acceptors (Lipinski definition) is 5. The number of halogens is 1. The predicted octanol–water partition coefficient (Wildman–Crippen LogP) is 3.22. The van der Waals surface area contributed by atoms with E-state index in [9.17, 15) is 20.0 Å². The van der Waals surface area contributed by atoms with Gasteiger partial charge in [0.25, 0.3) is 11.6 Å². The van der Waals surface area contributed by atoms with E-state index in [1.165, 1.54) is 24.3 Å². The van der Waals surface area contributed by atoms with E-state index in [1.54, 1.807) is 24.0 Å². The Morgan fingerprint density at radius 2 is 1.77 bits per heavy atom. The normalized spacial score (nSPS) is 14.4. The molecule has 136 valence electrons. The third-order valence-electron chi connectivity index (χ3n) is 4.45. The van der Waals surface area contributed by atoms with Crippen molar-refractivity contribution < 1.29 is 14.8 Å². The minimum atomic E-state index is -0.461. The summed E-state index contributed by atoms with van der Waals surface area (Å²) >= 11 is 6.27. The molecule has 1 amide bonds. The maximum Gasteiger partial charge on any atom is 0.271 e. The number of non-ortho nitro benzene ring substituents is 1. The number of phenolic OH excluding ortho intramolecular Hbond substituents is 1. The third kappa shape index (κ3) is 3.57. The highest BCUT2D eigenvalue weighted by molar-refractivity contribution is 6.33. The summed E-state index contributed by atoms with van der Waals surface area (Å²) in [6.07, 6.45) is 0. The highest BCUT2D eigenvalue weighted by Gasteiger charge is 2.25. The minimum absolute atomic E-state index is 0.0302. The van der Waals surface area contributed by atoms with Gasteiger partial charge in [0, 0.05) is 43.9 Å². The molecule has 0 aromatic heterocycles. The van der Waals surface area contributed by atoms with E-state index in [0.717, 1.165) is 11.3 Å². The molecule has 0 radical (unpaired) electrons. The van der Waals surface area contributed by atoms with E-state index >= 15 is 0 Å². The lowest BCUT2D eigenvalue weighted by molar-refractivity contribution is -0.384. The van der Waals surface area contributed by atoms with Gasteiger partial charge < -0.3 is 14.9 Å². The summed E-state index contributed by atoms with van der Waals surface area (Å²) in [5, 5.41) is 20.6. The summed E-state index contributed by atoms with van der Waals surface area (Å²) in [5.41, 5.74) is 2.01. The molecule has 1 saturated heterocycles. The number of nitro benzene ring substituents is 1. The standard InChI is InChI=1S/C18H18ClN3O4/c1-12-10-14(22(25)26)11-16(19)17(12)20-6-8-21(9-7-20)18(24)13-2-4-15(23)5-3-13/h2-5,10-11,23H,6-9H2,1H3. The molecular formula is C18H18ClN3O4. The molecule has 0 spiro atoms. The number of rotatable bonds is 3. The van der Waals surface area contributed by atoms with E-state index in [-0.39, 0.29) is 17.3 Å². The summed E-state index contributed by atoms with van der Waals surface area (Å²) in [6, 6.07) is 9.04. The number of phenols is 1. The lowest BCUT2D eigenvalue weighted by Gasteiger charge is -2.37. The van der Waals surface area contributed by atoms with Crippen molar-refractivity contribution in [3.8, 4) is 5.75 Å². The number of amides is 1. The molecule has 1 aliphatic rings. The Labute approximate surface area is 155 Å². The van der Waals surface area contributed by atoms with Gasteiger partial charge in [-0.15, -0.1) is 0 Å². The van der Waals surface area contributed by atoms with Crippen LogP contribution >= 0.6 is 11.6 Å². The van der Waals surface area contributed by atoms with Gasteiger partial charge in [0.2, 0.25) is 0 Å². The van der Waals surface area contributed by atoms with Crippen molar-refractivity contribution in [3.63, 3.8) is 0 Å². The van der Waals surface area contributed by atoms with Gasteiger partial charge in [0.1, 0.15) is 5.75 Å². The van der Waals surface area contributed by atoms with Gasteiger partial charge >= 0.3 is 0 Å². The molecule has 3 rings (SSSR count). The topological polar surface area (TPSA) is 86.9 Å². The van der Waals surface area contributed by atoms with Crippen LogP contribution in [0.1, 0.15) is 15.9 Å². The predicted molar refractivity (Wildman–Crippen MR) is 99.1 cm³/mol. The molecule has 26 heavy (non-hydrogen) atoms. The molecule has 1 aliphatic heterocycles. The molecule has 0 aliphatic carbocycles. The number of aryl methyl sites for hydroxylation is 1. The monoisotopic (exact) mass is 375 g/mol. The molecule has 8 heteroatoms. The molecule has 0 unspecified atom stereocenters. The van der Waals surface area contributed by atoms with Crippen LogP contribution in [-0.2, 0) is 0 Å². The first kappa shape index (κ1) is 18.0. The molecule has 1 fully saturated rings. The highest BCUT2D eigenvalue weighted by atomic mass is 35.5. The first-order valence-electron chi connectivity index (χ1n) is 8.14. The third-order valence-corrected chi connectivity index (χ3v) is 4.74. The number of nitro groups is 1. The van der Waals surface area contributed by atoms with E-state index in [1.807, 2.05) is 4.90 Å². The molecule has 0 saturated carbocycles. The zero-order valence-corrected chi connectivity index (χ0v) is 14.9. The fraction of sp³-hybridized carbons (Fsp3) is 0.278. The van der Waals surface area contributed by atoms with E-state index in [2.05, 4.69) is 0 Å². The highest BCUT2D eigenvalue weighted by Crippen LogP contribution is 2.34. The van der Waals surface area contributed by atoms with Crippen LogP contribution in [0, 0.1) is 17.0 Å². The molecule has 7 nitrogen and oxygen atoms in total. The van der Waals surface area contributed by atoms with Crippen LogP contribution in [-0.4, -0.2) is 47.0 Å². The average molecular weight is 376 g/mol. The summed E-state index contributed by atoms with van der Waals surface area (Å²) in [6.45, 7) is 4.01. The lowest BCUT2D eigenvalue weighted by Crippen LogP contribution is -2.49. The van der Waals surface area contributed by atoms with Gasteiger partial charge in [-0.25, -0.2) is 0 Å². The SMILES string of the molecule is Cc1cc([N+](=O)[O-])cc(Cl)c1N1CCN(C(=O)c2ccc(O)cc2)CC1. The second-order valence-corrected chi connectivity index (χ2v) is 6.58. The number of carbonyl (C=O) groups excluding carboxylic acids is 1. The zero-order valence-electron chi connectivity index (χ0n) is 14.2. The summed E-state index contributed by atoms with van der Waals surface area (Å²) < 4.78 is 0. The number of nitrogens with zero attached hydrogens (tertiary/aromatic N) is 3. The molecule has 2 aromatic carbocycles. The molecule has 2 aromatic rings. The van der Waals surface area contributed by atoms with Crippen LogP contribution in [0.2, 0.25) is 5.02 Å². The lowest BCUT2D eigenvalue weighted by atomic mass is 10.1. The number of anilines is 1. The Bertz CT molecular complexity index is 823. The smallest absolute Gasteiger partial charge is 0.271 e. The maximum atomic E-state index is 12.5. The average Bonchev–Trinajstić information content (AvgIpc) is 2.61. The number of benzene rings is 2. The summed E-state index contributed by atoms with van der Waals surface area (Å²) in [7, 11) is 0. The molecular weight excluding hydrogens is 358 g/mol. The maximum absolute atomic E-state index is 12.5. The first-order valence-corrected chi connectivity index (χ1v) is 8.52. The zero-order chi connectivity index (χ0) is 18.8. The van der Waals surface area contributed by atoms with Crippen LogP contribution in [0.3, 0.4) is 0 Å². The number of carbonyl (C=O) groups is 1. The number of piperazine rings is 1. The van der Waals surface area contributed by atoms with Crippen molar-refractivity contribution in [2.24, 2.45) is 0 Å². The fourth-order valence-electron chi connectivity index (χ4n) is 3.14. The van der Waals surface area contributed by atoms with Gasteiger partial charge in [-0.3, -0.25) is 14.9 Å². The molecule has 0 atom stereocenters. The Morgan fingerprint density at radius 1 is 1.15 bits per heavy atom. The fourth-order valence-corrected chi connectivity index (χ4v) is 3.52. The molecule has 1 heterocycles. The number of aromatic hydroxyl groups is 1. The van der Waals surface area contributed by atoms with Crippen LogP contribution in [0.5, 0.6) is 5.75 Å². The van der Waals surface area contributed by atoms with Crippen molar-refractivity contribution >= 4 is 28.9 Å². The Balaban J connectivity index is 1.72. The van der Waals surface area contributed by atoms with Crippen LogP contribution in [0.25, 0.3) is 0 Å². The van der Waals surface area contributed by atoms with E-state index in [0.29, 0.717) is 36.8 Å². The van der Waals surface area contributed by atoms with Gasteiger partial charge in [0.15, 0.2) is 0 Å². The minimum Gasteiger partial charge on any atom is -0.508 e. The van der Waals surface area contributed by atoms with Crippen molar-refractivity contribution in [1.82, 2.24) is 4.90 Å².